The highest BCUT2D eigenvalue weighted by Crippen LogP contribution is 2.25. The molecule has 2 aromatic rings. The zero-order valence-corrected chi connectivity index (χ0v) is 18.6. The lowest BCUT2D eigenvalue weighted by atomic mass is 9.96. The molecule has 2 N–H and O–H groups in total. The second-order valence-electron chi connectivity index (χ2n) is 9.50. The molecule has 0 bridgehead atoms. The van der Waals surface area contributed by atoms with Gasteiger partial charge in [-0.1, -0.05) is 20.8 Å². The summed E-state index contributed by atoms with van der Waals surface area (Å²) in [5, 5.41) is 17.7. The Morgan fingerprint density at radius 1 is 1.28 bits per heavy atom. The minimum absolute atomic E-state index is 0.0374. The third-order valence-corrected chi connectivity index (χ3v) is 5.41. The van der Waals surface area contributed by atoms with Crippen molar-refractivity contribution in [2.75, 3.05) is 26.3 Å². The van der Waals surface area contributed by atoms with Gasteiger partial charge in [0.25, 0.3) is 11.5 Å². The van der Waals surface area contributed by atoms with Crippen LogP contribution in [0.2, 0.25) is 0 Å². The zero-order chi connectivity index (χ0) is 23.0. The lowest BCUT2D eigenvalue weighted by Gasteiger charge is -2.25. The topological polar surface area (TPSA) is 118 Å². The van der Waals surface area contributed by atoms with Crippen LogP contribution in [0.4, 0.5) is 0 Å². The summed E-state index contributed by atoms with van der Waals surface area (Å²) in [7, 11) is 0. The standard InChI is InChI=1S/C22H29N5O5/c1-22(2,3)13-26-19-14(4-7-16(28)25-8-10-32-11-9-25)12-23-27(19)21(31)17(20(26)30)18(29)24-15-5-6-15/h4,7,12,15,31H,5-6,8-11,13H2,1-3H3,(H,24,29). The fraction of sp³-hybridized carbons (Fsp3) is 0.545. The molecule has 0 spiro atoms. The molecule has 10 heteroatoms. The Hall–Kier alpha value is -3.14. The summed E-state index contributed by atoms with van der Waals surface area (Å²) in [5.41, 5.74) is -0.372. The molecule has 2 amide bonds. The van der Waals surface area contributed by atoms with E-state index in [-0.39, 0.29) is 22.9 Å². The number of aromatic nitrogens is 3. The molecule has 1 saturated heterocycles. The van der Waals surface area contributed by atoms with Gasteiger partial charge in [0, 0.05) is 37.3 Å². The number of nitrogens with one attached hydrogen (secondary N) is 1. The molecule has 4 rings (SSSR count). The highest BCUT2D eigenvalue weighted by atomic mass is 16.5. The Kier molecular flexibility index (Phi) is 5.81. The third kappa shape index (κ3) is 4.55. The highest BCUT2D eigenvalue weighted by Gasteiger charge is 2.30. The third-order valence-electron chi connectivity index (χ3n) is 5.41. The predicted octanol–water partition coefficient (Wildman–Crippen LogP) is 1.01. The molecule has 0 atom stereocenters. The van der Waals surface area contributed by atoms with Gasteiger partial charge in [0.1, 0.15) is 5.65 Å². The Bertz CT molecular complexity index is 1130. The van der Waals surface area contributed by atoms with Crippen molar-refractivity contribution in [3.05, 3.63) is 33.8 Å². The van der Waals surface area contributed by atoms with E-state index in [2.05, 4.69) is 10.4 Å². The van der Waals surface area contributed by atoms with E-state index in [9.17, 15) is 19.5 Å². The molecule has 0 unspecified atom stereocenters. The van der Waals surface area contributed by atoms with Gasteiger partial charge in [-0.3, -0.25) is 19.0 Å². The van der Waals surface area contributed by atoms with Gasteiger partial charge in [0.15, 0.2) is 5.56 Å². The monoisotopic (exact) mass is 443 g/mol. The number of rotatable bonds is 5. The smallest absolute Gasteiger partial charge is 0.270 e. The summed E-state index contributed by atoms with van der Waals surface area (Å²) >= 11 is 0. The number of nitrogens with zero attached hydrogens (tertiary/aromatic N) is 4. The number of aromatic hydroxyl groups is 1. The maximum atomic E-state index is 13.3. The molecule has 2 fully saturated rings. The summed E-state index contributed by atoms with van der Waals surface area (Å²) in [6.45, 7) is 8.26. The predicted molar refractivity (Wildman–Crippen MR) is 117 cm³/mol. The number of carbonyl (C=O) groups is 2. The molecule has 2 aromatic heterocycles. The van der Waals surface area contributed by atoms with Gasteiger partial charge in [-0.15, -0.1) is 0 Å². The minimum Gasteiger partial charge on any atom is -0.492 e. The van der Waals surface area contributed by atoms with E-state index >= 15 is 0 Å². The Labute approximate surface area is 185 Å². The Morgan fingerprint density at radius 2 is 1.97 bits per heavy atom. The molecular formula is C22H29N5O5. The van der Waals surface area contributed by atoms with Crippen LogP contribution < -0.4 is 10.9 Å². The van der Waals surface area contributed by atoms with Crippen molar-refractivity contribution in [3.63, 3.8) is 0 Å². The summed E-state index contributed by atoms with van der Waals surface area (Å²) in [4.78, 5) is 40.2. The van der Waals surface area contributed by atoms with E-state index in [0.717, 1.165) is 12.8 Å². The van der Waals surface area contributed by atoms with Crippen LogP contribution in [0.15, 0.2) is 17.1 Å². The second-order valence-corrected chi connectivity index (χ2v) is 9.50. The van der Waals surface area contributed by atoms with Crippen molar-refractivity contribution in [1.82, 2.24) is 24.4 Å². The summed E-state index contributed by atoms with van der Waals surface area (Å²) in [6, 6.07) is 0.0374. The maximum absolute atomic E-state index is 13.3. The number of morpholine rings is 1. The van der Waals surface area contributed by atoms with E-state index in [4.69, 9.17) is 4.74 Å². The molecule has 10 nitrogen and oxygen atoms in total. The summed E-state index contributed by atoms with van der Waals surface area (Å²) < 4.78 is 7.92. The normalized spacial score (nSPS) is 17.3. The van der Waals surface area contributed by atoms with Crippen molar-refractivity contribution < 1.29 is 19.4 Å². The Morgan fingerprint density at radius 3 is 2.59 bits per heavy atom. The van der Waals surface area contributed by atoms with Crippen LogP contribution >= 0.6 is 0 Å². The molecule has 32 heavy (non-hydrogen) atoms. The van der Waals surface area contributed by atoms with Crippen LogP contribution in [0.3, 0.4) is 0 Å². The fourth-order valence-corrected chi connectivity index (χ4v) is 3.69. The molecule has 172 valence electrons. The van der Waals surface area contributed by atoms with Gasteiger partial charge in [0.05, 0.1) is 19.4 Å². The van der Waals surface area contributed by atoms with Gasteiger partial charge in [-0.2, -0.15) is 9.61 Å². The first kappa shape index (κ1) is 22.1. The van der Waals surface area contributed by atoms with E-state index in [1.165, 1.54) is 21.4 Å². The van der Waals surface area contributed by atoms with Crippen molar-refractivity contribution in [2.24, 2.45) is 5.41 Å². The first-order valence-corrected chi connectivity index (χ1v) is 10.8. The van der Waals surface area contributed by atoms with Crippen LogP contribution in [-0.2, 0) is 16.1 Å². The molecule has 2 aliphatic rings. The van der Waals surface area contributed by atoms with Crippen molar-refractivity contribution in [3.8, 4) is 5.88 Å². The number of carbonyl (C=O) groups excluding carboxylic acids is 2. The number of hydrogen-bond donors (Lipinski definition) is 2. The first-order chi connectivity index (χ1) is 15.2. The van der Waals surface area contributed by atoms with Crippen LogP contribution in [0, 0.1) is 5.41 Å². The van der Waals surface area contributed by atoms with Crippen LogP contribution in [0.1, 0.15) is 49.5 Å². The molecule has 1 aliphatic carbocycles. The van der Waals surface area contributed by atoms with E-state index in [1.807, 2.05) is 20.8 Å². The van der Waals surface area contributed by atoms with Crippen LogP contribution in [-0.4, -0.2) is 68.3 Å². The average Bonchev–Trinajstić information content (AvgIpc) is 3.44. The lowest BCUT2D eigenvalue weighted by Crippen LogP contribution is -2.39. The minimum atomic E-state index is -0.602. The van der Waals surface area contributed by atoms with E-state index < -0.39 is 17.3 Å². The van der Waals surface area contributed by atoms with Crippen molar-refractivity contribution in [1.29, 1.82) is 0 Å². The molecular weight excluding hydrogens is 414 g/mol. The van der Waals surface area contributed by atoms with Gasteiger partial charge in [0.2, 0.25) is 11.8 Å². The van der Waals surface area contributed by atoms with Crippen molar-refractivity contribution in [2.45, 2.75) is 46.2 Å². The number of fused-ring (bicyclic) bond motifs is 1. The largest absolute Gasteiger partial charge is 0.492 e. The lowest BCUT2D eigenvalue weighted by molar-refractivity contribution is -0.129. The molecule has 1 saturated carbocycles. The van der Waals surface area contributed by atoms with Gasteiger partial charge in [-0.05, 0) is 24.3 Å². The molecule has 0 radical (unpaired) electrons. The highest BCUT2D eigenvalue weighted by molar-refractivity contribution is 5.97. The van der Waals surface area contributed by atoms with E-state index in [1.54, 1.807) is 11.0 Å². The van der Waals surface area contributed by atoms with Gasteiger partial charge >= 0.3 is 0 Å². The van der Waals surface area contributed by atoms with Crippen LogP contribution in [0.25, 0.3) is 11.7 Å². The van der Waals surface area contributed by atoms with Gasteiger partial charge < -0.3 is 20.1 Å². The first-order valence-electron chi connectivity index (χ1n) is 10.8. The Balaban J connectivity index is 1.78. The summed E-state index contributed by atoms with van der Waals surface area (Å²) in [5.74, 6) is -1.27. The van der Waals surface area contributed by atoms with Crippen LogP contribution in [0.5, 0.6) is 5.88 Å². The molecule has 3 heterocycles. The van der Waals surface area contributed by atoms with E-state index in [0.29, 0.717) is 44.1 Å². The number of hydrogen-bond acceptors (Lipinski definition) is 6. The average molecular weight is 444 g/mol. The quantitative estimate of drug-likeness (QED) is 0.666. The second kappa shape index (κ2) is 8.42. The molecule has 0 aromatic carbocycles. The molecule has 1 aliphatic heterocycles. The zero-order valence-electron chi connectivity index (χ0n) is 18.6. The number of ether oxygens (including phenoxy) is 1. The van der Waals surface area contributed by atoms with Crippen molar-refractivity contribution >= 4 is 23.5 Å². The fourth-order valence-electron chi connectivity index (χ4n) is 3.69. The maximum Gasteiger partial charge on any atom is 0.270 e. The SMILES string of the molecule is CC(C)(C)Cn1c(=O)c(C(=O)NC2CC2)c(O)n2ncc(C=CC(=O)N3CCOCC3)c12. The van der Waals surface area contributed by atoms with Gasteiger partial charge in [-0.25, -0.2) is 0 Å². The number of amides is 2. The summed E-state index contributed by atoms with van der Waals surface area (Å²) in [6.07, 6.45) is 6.21.